The van der Waals surface area contributed by atoms with Crippen molar-refractivity contribution in [3.05, 3.63) is 70.8 Å². The van der Waals surface area contributed by atoms with E-state index < -0.39 is 11.5 Å². The Morgan fingerprint density at radius 2 is 2.16 bits per heavy atom. The lowest BCUT2D eigenvalue weighted by atomic mass is 10.2. The third-order valence-corrected chi connectivity index (χ3v) is 3.20. The molecule has 3 N–H and O–H groups in total. The summed E-state index contributed by atoms with van der Waals surface area (Å²) in [6.07, 6.45) is 8.54. The second-order valence-electron chi connectivity index (χ2n) is 4.73. The molecule has 25 heavy (non-hydrogen) atoms. The first kappa shape index (κ1) is 19.9. The Labute approximate surface area is 146 Å². The van der Waals surface area contributed by atoms with Crippen LogP contribution < -0.4 is 10.9 Å². The molecule has 2 rings (SSSR count). The van der Waals surface area contributed by atoms with Gasteiger partial charge in [-0.3, -0.25) is 14.6 Å². The summed E-state index contributed by atoms with van der Waals surface area (Å²) in [4.78, 5) is 30.5. The molecule has 1 amide bonds. The van der Waals surface area contributed by atoms with Gasteiger partial charge in [0.25, 0.3) is 11.5 Å². The van der Waals surface area contributed by atoms with Crippen molar-refractivity contribution < 1.29 is 9.90 Å². The van der Waals surface area contributed by atoms with Crippen LogP contribution in [0.15, 0.2) is 59.6 Å². The van der Waals surface area contributed by atoms with E-state index in [0.717, 1.165) is 5.57 Å². The lowest BCUT2D eigenvalue weighted by molar-refractivity contribution is 0.0949. The van der Waals surface area contributed by atoms with Crippen molar-refractivity contribution in [3.8, 4) is 5.75 Å². The normalized spacial score (nSPS) is 11.1. The number of nitrogens with one attached hydrogen (secondary N) is 2. The van der Waals surface area contributed by atoms with Crippen LogP contribution in [0.5, 0.6) is 5.75 Å². The van der Waals surface area contributed by atoms with Gasteiger partial charge in [0.1, 0.15) is 5.52 Å². The molecule has 2 aromatic rings. The summed E-state index contributed by atoms with van der Waals surface area (Å²) in [6.45, 7) is 9.76. The van der Waals surface area contributed by atoms with E-state index in [9.17, 15) is 14.7 Å². The first-order valence-corrected chi connectivity index (χ1v) is 8.01. The number of aromatic amines is 1. The van der Waals surface area contributed by atoms with Crippen LogP contribution in [0.1, 0.15) is 31.3 Å². The Hall–Kier alpha value is -3.15. The minimum atomic E-state index is -0.597. The van der Waals surface area contributed by atoms with Crippen molar-refractivity contribution in [2.24, 2.45) is 0 Å². The lowest BCUT2D eigenvalue weighted by Gasteiger charge is -2.08. The fourth-order valence-corrected chi connectivity index (χ4v) is 1.99. The maximum Gasteiger partial charge on any atom is 0.272 e. The molecule has 0 fully saturated rings. The van der Waals surface area contributed by atoms with Crippen LogP contribution in [0, 0.1) is 0 Å². The maximum absolute atomic E-state index is 12.2. The molecular formula is C19H23N3O3. The molecule has 6 heteroatoms. The maximum atomic E-state index is 12.2. The van der Waals surface area contributed by atoms with Crippen molar-refractivity contribution >= 4 is 16.8 Å². The van der Waals surface area contributed by atoms with Gasteiger partial charge in [0.05, 0.1) is 5.39 Å². The third-order valence-electron chi connectivity index (χ3n) is 3.20. The average Bonchev–Trinajstić information content (AvgIpc) is 2.66. The number of carbonyl (C=O) groups is 1. The molecule has 0 atom stereocenters. The van der Waals surface area contributed by atoms with Crippen LogP contribution >= 0.6 is 0 Å². The summed E-state index contributed by atoms with van der Waals surface area (Å²) in [5.74, 6) is -0.948. The first-order valence-electron chi connectivity index (χ1n) is 8.01. The molecule has 0 bridgehead atoms. The Kier molecular flexibility index (Phi) is 7.86. The Bertz CT molecular complexity index is 864. The van der Waals surface area contributed by atoms with E-state index in [4.69, 9.17) is 0 Å². The van der Waals surface area contributed by atoms with Gasteiger partial charge < -0.3 is 15.4 Å². The highest BCUT2D eigenvalue weighted by atomic mass is 16.3. The van der Waals surface area contributed by atoms with Gasteiger partial charge >= 0.3 is 0 Å². The summed E-state index contributed by atoms with van der Waals surface area (Å²) in [6, 6.07) is 3.11. The van der Waals surface area contributed by atoms with Gasteiger partial charge in [-0.25, -0.2) is 0 Å². The summed E-state index contributed by atoms with van der Waals surface area (Å²) < 4.78 is 0. The highest BCUT2D eigenvalue weighted by Crippen LogP contribution is 2.22. The van der Waals surface area contributed by atoms with Crippen molar-refractivity contribution in [1.29, 1.82) is 0 Å². The van der Waals surface area contributed by atoms with E-state index in [-0.39, 0.29) is 28.9 Å². The number of rotatable bonds is 5. The zero-order valence-electron chi connectivity index (χ0n) is 14.7. The largest absolute Gasteiger partial charge is 0.504 e. The minimum Gasteiger partial charge on any atom is -0.504 e. The Morgan fingerprint density at radius 1 is 1.44 bits per heavy atom. The summed E-state index contributed by atoms with van der Waals surface area (Å²) in [5, 5.41) is 13.0. The molecule has 6 nitrogen and oxygen atoms in total. The highest BCUT2D eigenvalue weighted by molar-refractivity contribution is 6.00. The summed E-state index contributed by atoms with van der Waals surface area (Å²) in [7, 11) is 0. The van der Waals surface area contributed by atoms with Crippen LogP contribution in [0.25, 0.3) is 10.9 Å². The SMILES string of the molecule is C=C/C(=C\C=C/C)CNC(=O)c1[nH]c(=O)c2cccnc2c1O.CC. The van der Waals surface area contributed by atoms with E-state index in [1.807, 2.05) is 32.9 Å². The van der Waals surface area contributed by atoms with Crippen LogP contribution in [-0.4, -0.2) is 27.5 Å². The number of pyridine rings is 2. The van der Waals surface area contributed by atoms with Crippen LogP contribution in [-0.2, 0) is 0 Å². The van der Waals surface area contributed by atoms with E-state index in [1.54, 1.807) is 18.2 Å². The number of fused-ring (bicyclic) bond motifs is 1. The number of allylic oxidation sites excluding steroid dienone is 3. The second-order valence-corrected chi connectivity index (χ2v) is 4.73. The van der Waals surface area contributed by atoms with Crippen molar-refractivity contribution in [2.45, 2.75) is 20.8 Å². The Morgan fingerprint density at radius 3 is 2.80 bits per heavy atom. The smallest absolute Gasteiger partial charge is 0.272 e. The molecule has 0 aliphatic carbocycles. The molecule has 0 aliphatic heterocycles. The zero-order chi connectivity index (χ0) is 18.8. The third kappa shape index (κ3) is 4.91. The molecular weight excluding hydrogens is 318 g/mol. The predicted molar refractivity (Wildman–Crippen MR) is 101 cm³/mol. The fraction of sp³-hybridized carbons (Fsp3) is 0.211. The summed E-state index contributed by atoms with van der Waals surface area (Å²) in [5.41, 5.74) is 0.187. The van der Waals surface area contributed by atoms with Gasteiger partial charge in [-0.05, 0) is 24.6 Å². The number of hydrogen-bond donors (Lipinski definition) is 3. The number of hydrogen-bond acceptors (Lipinski definition) is 4. The highest BCUT2D eigenvalue weighted by Gasteiger charge is 2.17. The molecule has 0 saturated carbocycles. The molecule has 0 unspecified atom stereocenters. The van der Waals surface area contributed by atoms with Crippen molar-refractivity contribution in [2.75, 3.05) is 6.54 Å². The van der Waals surface area contributed by atoms with Crippen molar-refractivity contribution in [3.63, 3.8) is 0 Å². The molecule has 2 heterocycles. The molecule has 0 spiro atoms. The Balaban J connectivity index is 0.00000151. The fourth-order valence-electron chi connectivity index (χ4n) is 1.99. The van der Waals surface area contributed by atoms with Gasteiger partial charge in [0, 0.05) is 12.7 Å². The number of nitrogens with zero attached hydrogens (tertiary/aromatic N) is 1. The lowest BCUT2D eigenvalue weighted by Crippen LogP contribution is -2.28. The topological polar surface area (TPSA) is 95.1 Å². The predicted octanol–water partition coefficient (Wildman–Crippen LogP) is 3.07. The molecule has 0 aliphatic rings. The second kappa shape index (κ2) is 9.87. The van der Waals surface area contributed by atoms with Gasteiger partial charge in [0.15, 0.2) is 11.4 Å². The van der Waals surface area contributed by atoms with E-state index in [1.165, 1.54) is 12.3 Å². The van der Waals surface area contributed by atoms with Gasteiger partial charge in [-0.2, -0.15) is 0 Å². The van der Waals surface area contributed by atoms with Crippen LogP contribution in [0.2, 0.25) is 0 Å². The molecule has 0 saturated heterocycles. The number of aromatic hydroxyl groups is 1. The van der Waals surface area contributed by atoms with Crippen LogP contribution in [0.3, 0.4) is 0 Å². The molecule has 2 aromatic heterocycles. The quantitative estimate of drug-likeness (QED) is 0.728. The average molecular weight is 341 g/mol. The van der Waals surface area contributed by atoms with Gasteiger partial charge in [-0.1, -0.05) is 44.7 Å². The number of carbonyl (C=O) groups excluding carboxylic acids is 1. The zero-order valence-corrected chi connectivity index (χ0v) is 14.7. The minimum absolute atomic E-state index is 0.0924. The van der Waals surface area contributed by atoms with E-state index in [2.05, 4.69) is 21.9 Å². The first-order chi connectivity index (χ1) is 12.1. The standard InChI is InChI=1S/C17H17N3O3.C2H6/c1-3-5-7-11(4-2)10-19-17(23)14-15(21)13-12(16(22)20-14)8-6-9-18-13;1-2/h3-9,21H,2,10H2,1H3,(H,19,23)(H,20,22);1-2H3/b5-3-,11-7+;. The van der Waals surface area contributed by atoms with Gasteiger partial charge in [0.2, 0.25) is 0 Å². The van der Waals surface area contributed by atoms with Crippen molar-refractivity contribution in [1.82, 2.24) is 15.3 Å². The number of aromatic nitrogens is 2. The molecule has 132 valence electrons. The van der Waals surface area contributed by atoms with E-state index >= 15 is 0 Å². The monoisotopic (exact) mass is 341 g/mol. The number of H-pyrrole nitrogens is 1. The summed E-state index contributed by atoms with van der Waals surface area (Å²) >= 11 is 0. The molecule has 0 aromatic carbocycles. The van der Waals surface area contributed by atoms with Crippen LogP contribution in [0.4, 0.5) is 0 Å². The van der Waals surface area contributed by atoms with E-state index in [0.29, 0.717) is 0 Å². The van der Waals surface area contributed by atoms with Gasteiger partial charge in [-0.15, -0.1) is 0 Å². The molecule has 0 radical (unpaired) electrons. The number of amides is 1.